The molecule has 0 unspecified atom stereocenters. The van der Waals surface area contributed by atoms with Crippen molar-refractivity contribution in [3.63, 3.8) is 0 Å². The molecule has 0 aliphatic carbocycles. The summed E-state index contributed by atoms with van der Waals surface area (Å²) in [4.78, 5) is 0. The Hall–Kier alpha value is -1.78. The molecule has 0 amide bonds. The molecule has 7 aliphatic heterocycles. The van der Waals surface area contributed by atoms with Gasteiger partial charge in [-0.3, -0.25) is 0 Å². The lowest BCUT2D eigenvalue weighted by atomic mass is 9.85. The van der Waals surface area contributed by atoms with Gasteiger partial charge in [0, 0.05) is 45.1 Å². The van der Waals surface area contributed by atoms with Crippen molar-refractivity contribution in [3.8, 4) is 0 Å². The Morgan fingerprint density at radius 3 is 1.82 bits per heavy atom. The molecule has 7 fully saturated rings. The maximum atomic E-state index is 11.8. The lowest BCUT2D eigenvalue weighted by Gasteiger charge is -2.52. The normalized spacial score (nSPS) is 40.8. The highest BCUT2D eigenvalue weighted by molar-refractivity contribution is 6.74. The number of ether oxygens (including phenoxy) is 9. The molecule has 2 aromatic carbocycles. The van der Waals surface area contributed by atoms with Crippen molar-refractivity contribution in [1.82, 2.24) is 0 Å². The number of aliphatic hydroxyl groups excluding tert-OH is 1. The van der Waals surface area contributed by atoms with Crippen LogP contribution in [0.2, 0.25) is 18.1 Å². The first kappa shape index (κ1) is 43.5. The Kier molecular flexibility index (Phi) is 13.6. The maximum Gasteiger partial charge on any atom is 0.192 e. The zero-order valence-corrected chi connectivity index (χ0v) is 37.4. The third-order valence-corrected chi connectivity index (χ3v) is 19.4. The van der Waals surface area contributed by atoms with Gasteiger partial charge in [0.15, 0.2) is 8.32 Å². The minimum atomic E-state index is -2.23. The zero-order valence-electron chi connectivity index (χ0n) is 36.4. The molecular weight excluding hydrogens is 781 g/mol. The molecule has 12 heteroatoms. The first-order valence-corrected chi connectivity index (χ1v) is 26.0. The molecule has 7 heterocycles. The highest BCUT2D eigenvalue weighted by Gasteiger charge is 2.53. The van der Waals surface area contributed by atoms with Crippen molar-refractivity contribution in [2.45, 2.75) is 214 Å². The molecule has 332 valence electrons. The second-order valence-electron chi connectivity index (χ2n) is 20.1. The number of hydrogen-bond acceptors (Lipinski definition) is 11. The second kappa shape index (κ2) is 18.7. The number of aliphatic hydroxyl groups is 1. The molecule has 60 heavy (non-hydrogen) atoms. The highest BCUT2D eigenvalue weighted by atomic mass is 28.4. The molecule has 0 saturated carbocycles. The Balaban J connectivity index is 0.888. The molecule has 11 nitrogen and oxygen atoms in total. The van der Waals surface area contributed by atoms with Gasteiger partial charge >= 0.3 is 0 Å². The van der Waals surface area contributed by atoms with Crippen LogP contribution in [0.3, 0.4) is 0 Å². The largest absolute Gasteiger partial charge is 0.411 e. The van der Waals surface area contributed by atoms with E-state index in [4.69, 9.17) is 47.1 Å². The third-order valence-electron chi connectivity index (χ3n) is 14.9. The minimum Gasteiger partial charge on any atom is -0.411 e. The smallest absolute Gasteiger partial charge is 0.192 e. The molecule has 7 saturated heterocycles. The van der Waals surface area contributed by atoms with Gasteiger partial charge in [-0.2, -0.15) is 0 Å². The molecule has 1 N–H and O–H groups in total. The Bertz CT molecular complexity index is 1660. The molecule has 16 atom stereocenters. The summed E-state index contributed by atoms with van der Waals surface area (Å²) in [6.07, 6.45) is 5.26. The first-order valence-electron chi connectivity index (χ1n) is 23.1. The summed E-state index contributed by atoms with van der Waals surface area (Å²) in [5.41, 5.74) is 2.24. The predicted molar refractivity (Wildman–Crippen MR) is 227 cm³/mol. The topological polar surface area (TPSA) is 113 Å². The Labute approximate surface area is 358 Å². The van der Waals surface area contributed by atoms with E-state index in [-0.39, 0.29) is 90.5 Å². The molecule has 0 bridgehead atoms. The van der Waals surface area contributed by atoms with E-state index in [1.165, 1.54) is 0 Å². The average molecular weight is 851 g/mol. The van der Waals surface area contributed by atoms with Gasteiger partial charge in [0.2, 0.25) is 0 Å². The average Bonchev–Trinajstić information content (AvgIpc) is 3.40. The summed E-state index contributed by atoms with van der Waals surface area (Å²) in [5.74, 6) is 0. The van der Waals surface area contributed by atoms with Crippen LogP contribution in [0.4, 0.5) is 0 Å². The summed E-state index contributed by atoms with van der Waals surface area (Å²) in [6.45, 7) is 13.6. The predicted octanol–water partition coefficient (Wildman–Crippen LogP) is 7.44. The number of hydrogen-bond donors (Lipinski definition) is 1. The van der Waals surface area contributed by atoms with Crippen molar-refractivity contribution in [3.05, 3.63) is 71.8 Å². The summed E-state index contributed by atoms with van der Waals surface area (Å²) in [7, 11) is -2.23. The number of rotatable bonds is 11. The Morgan fingerprint density at radius 1 is 0.583 bits per heavy atom. The standard InChI is InChI=1S/C48H70O11Si/c1-48(2,3)60(4,5)59-46-26-44-42(24-38(52-28-31-15-10-7-11-16-31)47(58-44)29-50-27-30-13-8-6-9-14-30)57-45(46)22-36-32(49)21-39-43(55-36)25-41-35(54-39)19-18-34-40(56-41)23-37-33(53-34)17-12-20-51-37/h6-11,13-16,32-47,49H,12,17-29H2,1-5H3/t32-,33-,34+,35-,36+,37+,38-,39+,40-,41+,42+,43-,44-,45-,46+,47+/m0/s1. The summed E-state index contributed by atoms with van der Waals surface area (Å²) >= 11 is 0. The molecule has 2 aromatic rings. The fourth-order valence-electron chi connectivity index (χ4n) is 10.5. The number of fused-ring (bicyclic) bond motifs is 5. The van der Waals surface area contributed by atoms with E-state index < -0.39 is 20.5 Å². The van der Waals surface area contributed by atoms with Gasteiger partial charge in [-0.1, -0.05) is 81.4 Å². The van der Waals surface area contributed by atoms with Crippen LogP contribution in [0, 0.1) is 0 Å². The lowest BCUT2D eigenvalue weighted by molar-refractivity contribution is -0.279. The van der Waals surface area contributed by atoms with Crippen LogP contribution in [0.1, 0.15) is 96.1 Å². The van der Waals surface area contributed by atoms with Crippen molar-refractivity contribution in [1.29, 1.82) is 0 Å². The lowest BCUT2D eigenvalue weighted by Crippen LogP contribution is -2.61. The minimum absolute atomic E-state index is 0.00116. The first-order chi connectivity index (χ1) is 29.0. The summed E-state index contributed by atoms with van der Waals surface area (Å²) < 4.78 is 67.5. The van der Waals surface area contributed by atoms with E-state index in [2.05, 4.69) is 58.1 Å². The SMILES string of the molecule is CC(C)(C)[Si](C)(C)O[C@@H]1C[C@@H]2O[C@H](COCc3ccccc3)[C@@H](OCc3ccccc3)C[C@H]2O[C@H]1C[C@H]1O[C@H]2C[C@H]3O[C@H]4C[C@H]5OCCC[C@@H]5O[C@@H]4CC[C@@H]3O[C@@H]2C[C@@H]1O. The van der Waals surface area contributed by atoms with E-state index in [1.54, 1.807) is 0 Å². The summed E-state index contributed by atoms with van der Waals surface area (Å²) in [6, 6.07) is 20.5. The van der Waals surface area contributed by atoms with Crippen molar-refractivity contribution in [2.24, 2.45) is 0 Å². The van der Waals surface area contributed by atoms with Crippen molar-refractivity contribution in [2.75, 3.05) is 13.2 Å². The third kappa shape index (κ3) is 9.95. The van der Waals surface area contributed by atoms with E-state index in [9.17, 15) is 5.11 Å². The van der Waals surface area contributed by atoms with Crippen LogP contribution in [0.5, 0.6) is 0 Å². The van der Waals surface area contributed by atoms with Crippen molar-refractivity contribution >= 4 is 8.32 Å². The van der Waals surface area contributed by atoms with Gasteiger partial charge in [0.1, 0.15) is 6.10 Å². The van der Waals surface area contributed by atoms with Gasteiger partial charge in [-0.15, -0.1) is 0 Å². The second-order valence-corrected chi connectivity index (χ2v) is 24.9. The van der Waals surface area contributed by atoms with Gasteiger partial charge in [0.05, 0.1) is 111 Å². The fourth-order valence-corrected chi connectivity index (χ4v) is 11.8. The van der Waals surface area contributed by atoms with E-state index in [1.807, 2.05) is 36.4 Å². The van der Waals surface area contributed by atoms with Gasteiger partial charge < -0.3 is 52.2 Å². The van der Waals surface area contributed by atoms with Crippen LogP contribution >= 0.6 is 0 Å². The van der Waals surface area contributed by atoms with Gasteiger partial charge in [-0.25, -0.2) is 0 Å². The van der Waals surface area contributed by atoms with Crippen LogP contribution in [-0.4, -0.2) is 124 Å². The van der Waals surface area contributed by atoms with E-state index in [0.717, 1.165) is 56.3 Å². The Morgan fingerprint density at radius 2 is 1.12 bits per heavy atom. The van der Waals surface area contributed by atoms with E-state index >= 15 is 0 Å². The zero-order chi connectivity index (χ0) is 41.4. The van der Waals surface area contributed by atoms with Crippen LogP contribution < -0.4 is 0 Å². The fraction of sp³-hybridized carbons (Fsp3) is 0.750. The molecule has 0 radical (unpaired) electrons. The summed E-state index contributed by atoms with van der Waals surface area (Å²) in [5, 5.41) is 11.8. The molecule has 7 aliphatic rings. The molecule has 0 aromatic heterocycles. The quantitative estimate of drug-likeness (QED) is 0.228. The molecular formula is C48H70O11Si. The maximum absolute atomic E-state index is 11.8. The van der Waals surface area contributed by atoms with Gasteiger partial charge in [-0.05, 0) is 54.9 Å². The monoisotopic (exact) mass is 850 g/mol. The van der Waals surface area contributed by atoms with Crippen LogP contribution in [0.25, 0.3) is 0 Å². The van der Waals surface area contributed by atoms with Crippen LogP contribution in [0.15, 0.2) is 60.7 Å². The van der Waals surface area contributed by atoms with Crippen molar-refractivity contribution < 1.29 is 52.2 Å². The molecule has 9 rings (SSSR count). The highest BCUT2D eigenvalue weighted by Crippen LogP contribution is 2.45. The number of benzene rings is 2. The molecule has 0 spiro atoms. The van der Waals surface area contributed by atoms with Crippen LogP contribution in [-0.2, 0) is 60.3 Å². The van der Waals surface area contributed by atoms with Gasteiger partial charge in [0.25, 0.3) is 0 Å². The van der Waals surface area contributed by atoms with E-state index in [0.29, 0.717) is 45.5 Å².